The normalized spacial score (nSPS) is 24.7. The number of carbonyl (C=O) groups is 2. The lowest BCUT2D eigenvalue weighted by atomic mass is 9.53. The molecule has 224 valence electrons. The molecule has 2 aromatic rings. The Hall–Kier alpha value is -2.08. The highest BCUT2D eigenvalue weighted by Crippen LogP contribution is 2.56. The van der Waals surface area contributed by atoms with Gasteiger partial charge in [0.2, 0.25) is 0 Å². The third-order valence-electron chi connectivity index (χ3n) is 9.57. The van der Waals surface area contributed by atoms with E-state index in [1.165, 1.54) is 5.56 Å². The highest BCUT2D eigenvalue weighted by Gasteiger charge is 2.57. The van der Waals surface area contributed by atoms with Crippen LogP contribution in [0.25, 0.3) is 0 Å². The lowest BCUT2D eigenvalue weighted by Gasteiger charge is -2.50. The molecule has 1 aliphatic carbocycles. The summed E-state index contributed by atoms with van der Waals surface area (Å²) in [7, 11) is 0. The Kier molecular flexibility index (Phi) is 9.24. The molecule has 2 aromatic carbocycles. The number of ether oxygens (including phenoxy) is 1. The average molecular weight is 603 g/mol. The fraction of sp³-hybridized carbons (Fsp3) is 0.588. The van der Waals surface area contributed by atoms with E-state index in [9.17, 15) is 14.7 Å². The van der Waals surface area contributed by atoms with Gasteiger partial charge in [0.05, 0.1) is 22.6 Å². The number of halogens is 2. The van der Waals surface area contributed by atoms with E-state index in [1.54, 1.807) is 0 Å². The van der Waals surface area contributed by atoms with Crippen LogP contribution in [0, 0.1) is 11.3 Å². The standard InChI is InChI=1S/C34H45Cl2NO4/c1-21(2)27-25(35)18-24-28(29(27)36)30(38)37(19-26-33(24,6)14-8-15-34(26,7)31(39)40)16-9-17-41-20-22-10-12-23(13-11-22)32(3,4)5/h10-13,18,21,26H,8-9,14-17,19-20H2,1-7H3,(H,39,40)/t26-,33-,34-/m1/s1. The summed E-state index contributed by atoms with van der Waals surface area (Å²) in [6, 6.07) is 10.4. The van der Waals surface area contributed by atoms with E-state index in [-0.39, 0.29) is 23.2 Å². The van der Waals surface area contributed by atoms with Gasteiger partial charge in [-0.05, 0) is 71.3 Å². The van der Waals surface area contributed by atoms with Crippen molar-refractivity contribution in [2.75, 3.05) is 19.7 Å². The Labute approximate surface area is 255 Å². The van der Waals surface area contributed by atoms with Crippen molar-refractivity contribution in [3.05, 3.63) is 68.2 Å². The molecule has 1 fully saturated rings. The van der Waals surface area contributed by atoms with Gasteiger partial charge < -0.3 is 14.7 Å². The zero-order valence-electron chi connectivity index (χ0n) is 25.6. The number of aliphatic carboxylic acids is 1. The van der Waals surface area contributed by atoms with Crippen LogP contribution in [0.15, 0.2) is 30.3 Å². The molecule has 1 heterocycles. The Bertz CT molecular complexity index is 1300. The molecule has 4 rings (SSSR count). The predicted molar refractivity (Wildman–Crippen MR) is 166 cm³/mol. The molecule has 1 N–H and O–H groups in total. The number of fused-ring (bicyclic) bond motifs is 3. The highest BCUT2D eigenvalue weighted by atomic mass is 35.5. The highest BCUT2D eigenvalue weighted by molar-refractivity contribution is 6.38. The summed E-state index contributed by atoms with van der Waals surface area (Å²) in [6.45, 7) is 16.4. The van der Waals surface area contributed by atoms with E-state index in [2.05, 4.69) is 52.0 Å². The first-order chi connectivity index (χ1) is 19.1. The number of carbonyl (C=O) groups excluding carboxylic acids is 1. The summed E-state index contributed by atoms with van der Waals surface area (Å²) >= 11 is 13.8. The van der Waals surface area contributed by atoms with E-state index in [1.807, 2.05) is 31.7 Å². The summed E-state index contributed by atoms with van der Waals surface area (Å²) in [5.41, 5.74) is 3.01. The second-order valence-corrected chi connectivity index (χ2v) is 14.6. The molecule has 5 nitrogen and oxygen atoms in total. The molecule has 0 unspecified atom stereocenters. The molecule has 0 radical (unpaired) electrons. The van der Waals surface area contributed by atoms with Crippen LogP contribution in [-0.2, 0) is 27.0 Å². The Morgan fingerprint density at radius 1 is 1.15 bits per heavy atom. The molecular weight excluding hydrogens is 557 g/mol. The topological polar surface area (TPSA) is 66.8 Å². The van der Waals surface area contributed by atoms with E-state index in [0.29, 0.717) is 54.8 Å². The molecule has 1 aliphatic heterocycles. The van der Waals surface area contributed by atoms with E-state index >= 15 is 0 Å². The minimum atomic E-state index is -0.974. The smallest absolute Gasteiger partial charge is 0.309 e. The Morgan fingerprint density at radius 2 is 1.80 bits per heavy atom. The van der Waals surface area contributed by atoms with Crippen LogP contribution < -0.4 is 0 Å². The van der Waals surface area contributed by atoms with Crippen molar-refractivity contribution in [3.8, 4) is 0 Å². The number of benzene rings is 2. The monoisotopic (exact) mass is 601 g/mol. The molecule has 1 amide bonds. The van der Waals surface area contributed by atoms with Crippen LogP contribution in [0.2, 0.25) is 10.0 Å². The number of rotatable bonds is 8. The lowest BCUT2D eigenvalue weighted by molar-refractivity contribution is -0.157. The summed E-state index contributed by atoms with van der Waals surface area (Å²) in [4.78, 5) is 28.7. The number of amides is 1. The summed E-state index contributed by atoms with van der Waals surface area (Å²) in [6.07, 6.45) is 2.74. The Balaban J connectivity index is 1.59. The summed E-state index contributed by atoms with van der Waals surface area (Å²) < 4.78 is 5.99. The van der Waals surface area contributed by atoms with Crippen LogP contribution in [0.5, 0.6) is 0 Å². The lowest BCUT2D eigenvalue weighted by Crippen LogP contribution is -2.53. The van der Waals surface area contributed by atoms with Gasteiger partial charge in [0.25, 0.3) is 5.91 Å². The van der Waals surface area contributed by atoms with E-state index in [4.69, 9.17) is 27.9 Å². The van der Waals surface area contributed by atoms with Gasteiger partial charge in [0.1, 0.15) is 0 Å². The van der Waals surface area contributed by atoms with Crippen molar-refractivity contribution < 1.29 is 19.4 Å². The van der Waals surface area contributed by atoms with Crippen molar-refractivity contribution in [1.82, 2.24) is 4.90 Å². The molecule has 2 aliphatic rings. The number of hydrogen-bond donors (Lipinski definition) is 1. The molecule has 0 spiro atoms. The van der Waals surface area contributed by atoms with Crippen molar-refractivity contribution in [1.29, 1.82) is 0 Å². The number of nitrogens with zero attached hydrogens (tertiary/aromatic N) is 1. The van der Waals surface area contributed by atoms with Crippen molar-refractivity contribution in [3.63, 3.8) is 0 Å². The van der Waals surface area contributed by atoms with E-state index < -0.39 is 16.8 Å². The minimum Gasteiger partial charge on any atom is -0.481 e. The quantitative estimate of drug-likeness (QED) is 0.307. The van der Waals surface area contributed by atoms with Crippen molar-refractivity contribution >= 4 is 35.1 Å². The molecule has 3 atom stereocenters. The fourth-order valence-corrected chi connectivity index (χ4v) is 7.95. The van der Waals surface area contributed by atoms with Gasteiger partial charge >= 0.3 is 5.97 Å². The average Bonchev–Trinajstić information content (AvgIpc) is 2.97. The third-order valence-corrected chi connectivity index (χ3v) is 10.3. The fourth-order valence-electron chi connectivity index (χ4n) is 6.98. The largest absolute Gasteiger partial charge is 0.481 e. The zero-order chi connectivity index (χ0) is 30.3. The first-order valence-electron chi connectivity index (χ1n) is 14.8. The van der Waals surface area contributed by atoms with Gasteiger partial charge in [0, 0.05) is 30.6 Å². The van der Waals surface area contributed by atoms with Crippen LogP contribution >= 0.6 is 23.2 Å². The molecule has 0 aromatic heterocycles. The van der Waals surface area contributed by atoms with Crippen LogP contribution in [0.3, 0.4) is 0 Å². The second kappa shape index (κ2) is 11.9. The maximum Gasteiger partial charge on any atom is 0.309 e. The summed E-state index contributed by atoms with van der Waals surface area (Å²) in [5, 5.41) is 11.3. The van der Waals surface area contributed by atoms with Crippen LogP contribution in [0.1, 0.15) is 113 Å². The van der Waals surface area contributed by atoms with Crippen molar-refractivity contribution in [2.45, 2.75) is 97.5 Å². The molecule has 7 heteroatoms. The van der Waals surface area contributed by atoms with Crippen LogP contribution in [0.4, 0.5) is 0 Å². The van der Waals surface area contributed by atoms with Crippen LogP contribution in [-0.4, -0.2) is 41.6 Å². The Morgan fingerprint density at radius 3 is 2.39 bits per heavy atom. The van der Waals surface area contributed by atoms with Gasteiger partial charge in [-0.15, -0.1) is 0 Å². The molecular formula is C34H45Cl2NO4. The predicted octanol–water partition coefficient (Wildman–Crippen LogP) is 8.63. The number of hydrogen-bond acceptors (Lipinski definition) is 3. The zero-order valence-corrected chi connectivity index (χ0v) is 27.1. The van der Waals surface area contributed by atoms with Gasteiger partial charge in [-0.2, -0.15) is 0 Å². The molecule has 0 bridgehead atoms. The molecule has 0 saturated heterocycles. The maximum atomic E-state index is 14.2. The van der Waals surface area contributed by atoms with Gasteiger partial charge in [0.15, 0.2) is 0 Å². The van der Waals surface area contributed by atoms with E-state index in [0.717, 1.165) is 29.5 Å². The number of carboxylic acids is 1. The third kappa shape index (κ3) is 6.05. The van der Waals surface area contributed by atoms with Crippen molar-refractivity contribution in [2.24, 2.45) is 11.3 Å². The number of carboxylic acid groups (broad SMARTS) is 1. The second-order valence-electron chi connectivity index (χ2n) is 13.8. The maximum absolute atomic E-state index is 14.2. The summed E-state index contributed by atoms with van der Waals surface area (Å²) in [5.74, 6) is -1.22. The van der Waals surface area contributed by atoms with Gasteiger partial charge in [-0.1, -0.05) is 95.4 Å². The van der Waals surface area contributed by atoms with Gasteiger partial charge in [-0.25, -0.2) is 0 Å². The first kappa shape index (κ1) is 31.8. The SMILES string of the molecule is CC(C)c1c(Cl)cc2c(c1Cl)C(=O)N(CCCOCc1ccc(C(C)(C)C)cc1)C[C@H]1[C@](C)(C(=O)O)CCC[C@]21C. The first-order valence-corrected chi connectivity index (χ1v) is 15.6. The minimum absolute atomic E-state index is 0.0370. The molecule has 1 saturated carbocycles. The van der Waals surface area contributed by atoms with Gasteiger partial charge in [-0.3, -0.25) is 9.59 Å². The molecule has 41 heavy (non-hydrogen) atoms.